The van der Waals surface area contributed by atoms with Crippen molar-refractivity contribution in [1.82, 2.24) is 24.7 Å². The minimum atomic E-state index is -1.18. The quantitative estimate of drug-likeness (QED) is 0.191. The number of hydrogen-bond donors (Lipinski definition) is 1. The van der Waals surface area contributed by atoms with Gasteiger partial charge in [-0.2, -0.15) is 5.10 Å². The smallest absolute Gasteiger partial charge is 0.337 e. The summed E-state index contributed by atoms with van der Waals surface area (Å²) in [5.41, 5.74) is 8.34. The van der Waals surface area contributed by atoms with Gasteiger partial charge in [0.05, 0.1) is 45.9 Å². The average Bonchev–Trinajstić information content (AvgIpc) is 3.70. The molecule has 2 aliphatic heterocycles. The molecule has 6 heterocycles. The first kappa shape index (κ1) is 34.2. The Balaban J connectivity index is 1.37. The number of benzene rings is 2. The highest BCUT2D eigenvalue weighted by molar-refractivity contribution is 7.22. The van der Waals surface area contributed by atoms with Crippen LogP contribution in [0.1, 0.15) is 88.5 Å². The second kappa shape index (κ2) is 13.3. The molecule has 0 aliphatic carbocycles. The highest BCUT2D eigenvalue weighted by Gasteiger charge is 2.33. The monoisotopic (exact) mass is 717 g/mol. The summed E-state index contributed by atoms with van der Waals surface area (Å²) < 4.78 is 21.9. The Kier molecular flexibility index (Phi) is 8.74. The van der Waals surface area contributed by atoms with E-state index in [9.17, 15) is 9.90 Å². The second-order valence-electron chi connectivity index (χ2n) is 15.0. The Hall–Kier alpha value is -4.87. The molecule has 268 valence electrons. The van der Waals surface area contributed by atoms with Crippen LogP contribution in [0.5, 0.6) is 11.5 Å². The number of rotatable bonds is 3. The molecule has 2 aliphatic rings. The third kappa shape index (κ3) is 6.41. The number of ether oxygens (including phenoxy) is 3. The van der Waals surface area contributed by atoms with Gasteiger partial charge in [-0.15, -0.1) is 11.3 Å². The van der Waals surface area contributed by atoms with E-state index in [1.165, 1.54) is 5.56 Å². The van der Waals surface area contributed by atoms with Crippen LogP contribution >= 0.6 is 11.3 Å². The maximum atomic E-state index is 13.0. The van der Waals surface area contributed by atoms with Crippen molar-refractivity contribution in [3.8, 4) is 44.6 Å². The van der Waals surface area contributed by atoms with Crippen molar-refractivity contribution in [2.45, 2.75) is 90.4 Å². The third-order valence-corrected chi connectivity index (χ3v) is 11.2. The molecular formula is C41H43N5O5S. The zero-order chi connectivity index (χ0) is 36.3. The molecular weight excluding hydrogens is 675 g/mol. The molecule has 3 atom stereocenters. The Morgan fingerprint density at radius 1 is 1.02 bits per heavy atom. The summed E-state index contributed by atoms with van der Waals surface area (Å²) in [7, 11) is 1.90. The maximum absolute atomic E-state index is 13.0. The number of aromatic nitrogens is 5. The lowest BCUT2D eigenvalue weighted by atomic mass is 9.85. The predicted octanol–water partition coefficient (Wildman–Crippen LogP) is 9.43. The molecule has 11 heteroatoms. The van der Waals surface area contributed by atoms with Gasteiger partial charge in [0.15, 0.2) is 6.10 Å². The van der Waals surface area contributed by atoms with Gasteiger partial charge in [0.25, 0.3) is 0 Å². The molecule has 2 aromatic carbocycles. The van der Waals surface area contributed by atoms with Crippen molar-refractivity contribution in [2.75, 3.05) is 6.61 Å². The number of pyridine rings is 2. The van der Waals surface area contributed by atoms with Gasteiger partial charge in [-0.3, -0.25) is 9.67 Å². The minimum absolute atomic E-state index is 0.0364. The van der Waals surface area contributed by atoms with Crippen LogP contribution in [-0.4, -0.2) is 54.1 Å². The SMILES string of the molecule is Cc1cc2nc3sc2c(c1C(OC(C)(C)C)C(=O)O)-c1ccc2c(c1)C(CCCCC(C)Oc1cc4c(cnn4C)nc1-c1cc-3ccn1)CCO2. The molecule has 0 fully saturated rings. The molecule has 6 bridgehead atoms. The fraction of sp³-hybridized carbons (Fsp3) is 0.390. The molecule has 0 spiro atoms. The van der Waals surface area contributed by atoms with Gasteiger partial charge in [-0.05, 0) is 113 Å². The van der Waals surface area contributed by atoms with E-state index >= 15 is 0 Å². The van der Waals surface area contributed by atoms with Crippen molar-refractivity contribution in [2.24, 2.45) is 7.05 Å². The van der Waals surface area contributed by atoms with Crippen LogP contribution in [0.15, 0.2) is 54.9 Å². The second-order valence-corrected chi connectivity index (χ2v) is 16.0. The van der Waals surface area contributed by atoms with E-state index in [1.807, 2.05) is 69.8 Å². The number of carboxylic acids is 1. The first-order valence-electron chi connectivity index (χ1n) is 18.0. The summed E-state index contributed by atoms with van der Waals surface area (Å²) in [6, 6.07) is 14.3. The molecule has 0 saturated heterocycles. The van der Waals surface area contributed by atoms with Crippen LogP contribution in [0.3, 0.4) is 0 Å². The molecule has 4 aromatic heterocycles. The highest BCUT2D eigenvalue weighted by atomic mass is 32.1. The van der Waals surface area contributed by atoms with Crippen molar-refractivity contribution in [3.05, 3.63) is 71.5 Å². The lowest BCUT2D eigenvalue weighted by molar-refractivity contribution is -0.160. The Bertz CT molecular complexity index is 2340. The molecule has 0 amide bonds. The summed E-state index contributed by atoms with van der Waals surface area (Å²) in [5, 5.41) is 15.9. The molecule has 52 heavy (non-hydrogen) atoms. The van der Waals surface area contributed by atoms with Crippen LogP contribution in [0.25, 0.3) is 54.3 Å². The number of thiazole rings is 1. The number of nitrogens with zero attached hydrogens (tertiary/aromatic N) is 5. The number of hydrogen-bond acceptors (Lipinski definition) is 9. The number of carboxylic acid groups (broad SMARTS) is 1. The molecule has 8 rings (SSSR count). The van der Waals surface area contributed by atoms with Crippen molar-refractivity contribution >= 4 is 38.6 Å². The van der Waals surface area contributed by atoms with E-state index in [-0.39, 0.29) is 6.10 Å². The van der Waals surface area contributed by atoms with E-state index < -0.39 is 17.7 Å². The van der Waals surface area contributed by atoms with Crippen LogP contribution in [0.4, 0.5) is 0 Å². The summed E-state index contributed by atoms with van der Waals surface area (Å²) in [4.78, 5) is 28.0. The maximum Gasteiger partial charge on any atom is 0.337 e. The number of carbonyl (C=O) groups is 1. The first-order chi connectivity index (χ1) is 24.9. The standard InChI is InChI=1S/C41H43N5O5S/c1-22-17-29-38-35(34(22)37(40(47)48)51-41(3,4)5)25-11-12-32-27(18-25)24(14-16-49-32)10-8-7-9-23(2)50-33-20-31-30(21-43-46(31)6)44-36(33)28-19-26(13-15-42-28)39(45-29)52-38/h11-13,15,17-21,23-24,37H,7-10,14,16H2,1-6H3,(H,47,48). The third-order valence-electron chi connectivity index (χ3n) is 10.0. The van der Waals surface area contributed by atoms with Gasteiger partial charge in [0.2, 0.25) is 0 Å². The predicted molar refractivity (Wildman–Crippen MR) is 203 cm³/mol. The van der Waals surface area contributed by atoms with E-state index in [0.717, 1.165) is 86.4 Å². The fourth-order valence-electron chi connectivity index (χ4n) is 7.59. The summed E-state index contributed by atoms with van der Waals surface area (Å²) in [5.74, 6) is 0.854. The van der Waals surface area contributed by atoms with Crippen LogP contribution in [0, 0.1) is 6.92 Å². The van der Waals surface area contributed by atoms with Gasteiger partial charge in [-0.25, -0.2) is 14.8 Å². The zero-order valence-electron chi connectivity index (χ0n) is 30.4. The van der Waals surface area contributed by atoms with E-state index in [2.05, 4.69) is 24.2 Å². The van der Waals surface area contributed by atoms with E-state index in [0.29, 0.717) is 35.2 Å². The molecule has 10 nitrogen and oxygen atoms in total. The molecule has 0 radical (unpaired) electrons. The molecule has 6 aromatic rings. The number of fused-ring (bicyclic) bond motifs is 9. The van der Waals surface area contributed by atoms with Crippen LogP contribution < -0.4 is 9.47 Å². The Labute approximate surface area is 306 Å². The van der Waals surface area contributed by atoms with Gasteiger partial charge in [0, 0.05) is 36.0 Å². The number of aliphatic carboxylic acids is 1. The Morgan fingerprint density at radius 3 is 2.65 bits per heavy atom. The highest BCUT2D eigenvalue weighted by Crippen LogP contribution is 2.47. The van der Waals surface area contributed by atoms with Gasteiger partial charge in [-0.1, -0.05) is 12.5 Å². The lowest BCUT2D eigenvalue weighted by Crippen LogP contribution is -2.28. The summed E-state index contributed by atoms with van der Waals surface area (Å²) in [6.45, 7) is 10.4. The van der Waals surface area contributed by atoms with Crippen LogP contribution in [-0.2, 0) is 16.6 Å². The average molecular weight is 718 g/mol. The van der Waals surface area contributed by atoms with Crippen molar-refractivity contribution < 1.29 is 24.1 Å². The van der Waals surface area contributed by atoms with E-state index in [1.54, 1.807) is 23.7 Å². The molecule has 0 saturated carbocycles. The minimum Gasteiger partial charge on any atom is -0.493 e. The van der Waals surface area contributed by atoms with Crippen LogP contribution in [0.2, 0.25) is 0 Å². The normalized spacial score (nSPS) is 18.2. The summed E-state index contributed by atoms with van der Waals surface area (Å²) in [6.07, 6.45) is 7.20. The Morgan fingerprint density at radius 2 is 1.85 bits per heavy atom. The van der Waals surface area contributed by atoms with Crippen molar-refractivity contribution in [1.29, 1.82) is 0 Å². The fourth-order valence-corrected chi connectivity index (χ4v) is 8.71. The first-order valence-corrected chi connectivity index (χ1v) is 18.8. The summed E-state index contributed by atoms with van der Waals surface area (Å²) >= 11 is 1.54. The van der Waals surface area contributed by atoms with Gasteiger partial charge >= 0.3 is 5.97 Å². The molecule has 1 N–H and O–H groups in total. The van der Waals surface area contributed by atoms with Gasteiger partial charge in [0.1, 0.15) is 27.7 Å². The largest absolute Gasteiger partial charge is 0.493 e. The number of aryl methyl sites for hydroxylation is 2. The lowest BCUT2D eigenvalue weighted by Gasteiger charge is -2.29. The topological polar surface area (TPSA) is 121 Å². The van der Waals surface area contributed by atoms with Gasteiger partial charge < -0.3 is 19.3 Å². The zero-order valence-corrected chi connectivity index (χ0v) is 31.2. The molecule has 3 unspecified atom stereocenters. The van der Waals surface area contributed by atoms with Crippen molar-refractivity contribution in [3.63, 3.8) is 0 Å². The van der Waals surface area contributed by atoms with E-state index in [4.69, 9.17) is 29.2 Å².